The molecule has 0 aromatic heterocycles. The monoisotopic (exact) mass is 928 g/mol. The normalized spacial score (nSPS) is 13.8. The molecule has 0 saturated carbocycles. The zero-order chi connectivity index (χ0) is 36.6. The van der Waals surface area contributed by atoms with Crippen molar-refractivity contribution in [2.24, 2.45) is 0 Å². The van der Waals surface area contributed by atoms with E-state index in [0.717, 1.165) is 24.0 Å². The Labute approximate surface area is 360 Å². The van der Waals surface area contributed by atoms with Crippen LogP contribution in [0.1, 0.15) is 104 Å². The molecule has 4 aromatic carbocycles. The Morgan fingerprint density at radius 3 is 1.54 bits per heavy atom. The van der Waals surface area contributed by atoms with E-state index in [1.165, 1.54) is 51.0 Å². The SMILES string of the molecule is Cc1cc2c(cc1C(C)(C)C)-c1cc(C(C)(C)C)c(C)[c]([Zr+2]([C]3=CC=CC3)=[C](c3ccc(C(Cl)(Cl)Cl)cc3)c3ccc(C(Cl)(Cl)Cl)cc3)c1C2.[Cl-].[Cl-]. The van der Waals surface area contributed by atoms with E-state index in [2.05, 4.69) is 116 Å². The molecule has 274 valence electrons. The molecule has 0 heterocycles. The standard InChI is InChI=1S/C23H29.C15H8Cl6.C5H5.2ClH.Zr/c1-14-9-16-11-17-10-15(2)21(23(6,7)8)13-19(17)18(16)12-20(14)22(3,4)5;16-14(17,18)12-5-1-10(2-6-12)9-11-3-7-13(8-4-11)15(19,20)21;1-2-4-5-3-1;;;/h9,12-13H,11H2,1-8H3;1-8H;1-3H,4H2;2*1H;/q;;;;;+2/p-2. The second-order valence-corrected chi connectivity index (χ2v) is 26.1. The summed E-state index contributed by atoms with van der Waals surface area (Å²) >= 11 is 35.0. The van der Waals surface area contributed by atoms with Gasteiger partial charge in [-0.05, 0) is 0 Å². The van der Waals surface area contributed by atoms with Gasteiger partial charge in [0.1, 0.15) is 0 Å². The third-order valence-corrected chi connectivity index (χ3v) is 19.4. The first-order valence-corrected chi connectivity index (χ1v) is 22.9. The van der Waals surface area contributed by atoms with Crippen LogP contribution >= 0.6 is 69.6 Å². The predicted molar refractivity (Wildman–Crippen MR) is 218 cm³/mol. The first-order valence-electron chi connectivity index (χ1n) is 16.9. The maximum atomic E-state index is 6.35. The Balaban J connectivity index is 0.00000302. The summed E-state index contributed by atoms with van der Waals surface area (Å²) in [4.78, 5) is 0. The van der Waals surface area contributed by atoms with Gasteiger partial charge in [-0.25, -0.2) is 0 Å². The van der Waals surface area contributed by atoms with Crippen LogP contribution in [0.5, 0.6) is 0 Å². The maximum absolute atomic E-state index is 6.35. The maximum Gasteiger partial charge on any atom is -1.00 e. The number of fused-ring (bicyclic) bond motifs is 3. The van der Waals surface area contributed by atoms with Crippen LogP contribution < -0.4 is 28.1 Å². The number of aryl methyl sites for hydroxylation is 1. The number of hydrogen-bond acceptors (Lipinski definition) is 0. The summed E-state index contributed by atoms with van der Waals surface area (Å²) in [7, 11) is 0. The molecule has 52 heavy (non-hydrogen) atoms. The van der Waals surface area contributed by atoms with Crippen LogP contribution in [0.2, 0.25) is 0 Å². The van der Waals surface area contributed by atoms with Gasteiger partial charge in [0.2, 0.25) is 0 Å². The molecule has 0 saturated heterocycles. The van der Waals surface area contributed by atoms with Crippen LogP contribution in [0, 0.1) is 13.8 Å². The minimum absolute atomic E-state index is 0. The summed E-state index contributed by atoms with van der Waals surface area (Å²) in [6.07, 6.45) is 8.75. The molecule has 9 heteroatoms. The molecule has 0 N–H and O–H groups in total. The van der Waals surface area contributed by atoms with Crippen LogP contribution in [-0.2, 0) is 46.1 Å². The number of alkyl halides is 6. The molecule has 0 atom stereocenters. The van der Waals surface area contributed by atoms with E-state index in [0.29, 0.717) is 11.1 Å². The van der Waals surface area contributed by atoms with Gasteiger partial charge < -0.3 is 24.8 Å². The summed E-state index contributed by atoms with van der Waals surface area (Å²) in [5, 5.41) is 0. The van der Waals surface area contributed by atoms with Crippen LogP contribution in [0.4, 0.5) is 0 Å². The molecule has 2 aliphatic rings. The molecule has 0 spiro atoms. The van der Waals surface area contributed by atoms with Crippen molar-refractivity contribution in [2.75, 3.05) is 0 Å². The molecular formula is C43H42Cl8Zr. The molecule has 0 amide bonds. The van der Waals surface area contributed by atoms with Crippen molar-refractivity contribution >= 4 is 76.1 Å². The van der Waals surface area contributed by atoms with Crippen LogP contribution in [0.3, 0.4) is 0 Å². The van der Waals surface area contributed by atoms with Gasteiger partial charge in [0.15, 0.2) is 0 Å². The van der Waals surface area contributed by atoms with Crippen LogP contribution in [0.15, 0.2) is 88.2 Å². The number of hydrogen-bond donors (Lipinski definition) is 0. The van der Waals surface area contributed by atoms with Crippen LogP contribution in [0.25, 0.3) is 11.1 Å². The van der Waals surface area contributed by atoms with Gasteiger partial charge in [-0.1, -0.05) is 0 Å². The third kappa shape index (κ3) is 8.86. The van der Waals surface area contributed by atoms with E-state index in [1.807, 2.05) is 24.3 Å². The van der Waals surface area contributed by atoms with Gasteiger partial charge in [-0.2, -0.15) is 0 Å². The van der Waals surface area contributed by atoms with E-state index < -0.39 is 28.9 Å². The summed E-state index contributed by atoms with van der Waals surface area (Å²) in [6, 6.07) is 23.7. The quantitative estimate of drug-likeness (QED) is 0.164. The molecule has 2 aliphatic carbocycles. The van der Waals surface area contributed by atoms with Crippen molar-refractivity contribution < 1.29 is 46.1 Å². The first-order chi connectivity index (χ1) is 23.2. The van der Waals surface area contributed by atoms with E-state index >= 15 is 0 Å². The second kappa shape index (κ2) is 16.1. The minimum atomic E-state index is -3.06. The van der Waals surface area contributed by atoms with Crippen molar-refractivity contribution in [2.45, 2.75) is 86.6 Å². The Hall–Kier alpha value is -0.567. The van der Waals surface area contributed by atoms with Crippen molar-refractivity contribution in [3.05, 3.63) is 144 Å². The molecule has 0 aliphatic heterocycles. The van der Waals surface area contributed by atoms with Crippen molar-refractivity contribution in [1.82, 2.24) is 0 Å². The van der Waals surface area contributed by atoms with Gasteiger partial charge in [0.05, 0.1) is 0 Å². The molecule has 4 aromatic rings. The number of benzene rings is 4. The fourth-order valence-electron chi connectivity index (χ4n) is 7.73. The summed E-state index contributed by atoms with van der Waals surface area (Å²) < 4.78 is 1.41. The predicted octanol–water partition coefficient (Wildman–Crippen LogP) is 7.49. The third-order valence-electron chi connectivity index (χ3n) is 10.0. The fraction of sp³-hybridized carbons (Fsp3) is 0.326. The average molecular weight is 934 g/mol. The van der Waals surface area contributed by atoms with E-state index in [-0.39, 0.29) is 35.6 Å². The molecule has 0 unspecified atom stereocenters. The Morgan fingerprint density at radius 2 is 1.12 bits per heavy atom. The van der Waals surface area contributed by atoms with Crippen molar-refractivity contribution in [1.29, 1.82) is 0 Å². The molecule has 6 rings (SSSR count). The number of rotatable bonds is 4. The van der Waals surface area contributed by atoms with Gasteiger partial charge in [-0.15, -0.1) is 0 Å². The van der Waals surface area contributed by atoms with Gasteiger partial charge >= 0.3 is 339 Å². The number of allylic oxidation sites excluding steroid dienone is 4. The molecular weight excluding hydrogens is 891 g/mol. The minimum Gasteiger partial charge on any atom is -1.00 e. The average Bonchev–Trinajstić information content (AvgIpc) is 3.66. The van der Waals surface area contributed by atoms with Crippen molar-refractivity contribution in [3.63, 3.8) is 0 Å². The summed E-state index contributed by atoms with van der Waals surface area (Å²) in [6.45, 7) is 18.6. The Kier molecular flexibility index (Phi) is 13.7. The smallest absolute Gasteiger partial charge is 1.00 e. The second-order valence-electron chi connectivity index (χ2n) is 15.7. The molecule has 0 fully saturated rings. The van der Waals surface area contributed by atoms with Gasteiger partial charge in [-0.3, -0.25) is 0 Å². The topological polar surface area (TPSA) is 0 Å². The van der Waals surface area contributed by atoms with E-state index in [4.69, 9.17) is 69.6 Å². The first kappa shape index (κ1) is 44.2. The van der Waals surface area contributed by atoms with Gasteiger partial charge in [0, 0.05) is 0 Å². The van der Waals surface area contributed by atoms with E-state index in [1.54, 1.807) is 3.27 Å². The van der Waals surface area contributed by atoms with Gasteiger partial charge in [0.25, 0.3) is 0 Å². The zero-order valence-electron chi connectivity index (χ0n) is 30.5. The van der Waals surface area contributed by atoms with Crippen LogP contribution in [-0.4, -0.2) is 3.21 Å². The largest absolute Gasteiger partial charge is 1.00 e. The summed E-state index contributed by atoms with van der Waals surface area (Å²) in [5.41, 5.74) is 14.7. The fourth-order valence-corrected chi connectivity index (χ4v) is 16.9. The molecule has 0 bridgehead atoms. The molecule has 0 radical (unpaired) electrons. The summed E-state index contributed by atoms with van der Waals surface area (Å²) in [5.74, 6) is 0. The van der Waals surface area contributed by atoms with E-state index in [9.17, 15) is 0 Å². The number of halogens is 8. The van der Waals surface area contributed by atoms with Crippen molar-refractivity contribution in [3.8, 4) is 11.1 Å². The Morgan fingerprint density at radius 1 is 0.635 bits per heavy atom. The molecule has 0 nitrogen and oxygen atoms in total. The Bertz CT molecular complexity index is 2020. The zero-order valence-corrected chi connectivity index (χ0v) is 39.0.